The summed E-state index contributed by atoms with van der Waals surface area (Å²) in [6, 6.07) is -0.975. The Morgan fingerprint density at radius 3 is 2.62 bits per heavy atom. The van der Waals surface area contributed by atoms with Crippen LogP contribution in [0, 0.1) is 0 Å². The molecular formula is C15H17NO3S2. The largest absolute Gasteiger partial charge is 0.480 e. The van der Waals surface area contributed by atoms with Crippen molar-refractivity contribution in [2.75, 3.05) is 0 Å². The van der Waals surface area contributed by atoms with E-state index in [1.165, 1.54) is 6.92 Å². The number of carboxylic acids is 1. The van der Waals surface area contributed by atoms with Crippen molar-refractivity contribution in [1.29, 1.82) is 0 Å². The van der Waals surface area contributed by atoms with Gasteiger partial charge < -0.3 is 5.11 Å². The zero-order chi connectivity index (χ0) is 16.2. The molecule has 0 bridgehead atoms. The lowest BCUT2D eigenvalue weighted by Crippen LogP contribution is -2.41. The van der Waals surface area contributed by atoms with Gasteiger partial charge in [0.05, 0.1) is 4.91 Å². The number of rotatable bonds is 5. The molecule has 0 saturated carbocycles. The third kappa shape index (κ3) is 4.41. The Morgan fingerprint density at radius 1 is 1.48 bits per heavy atom. The minimum atomic E-state index is -1.09. The molecule has 1 aliphatic rings. The fourth-order valence-electron chi connectivity index (χ4n) is 1.48. The molecule has 1 saturated heterocycles. The standard InChI is InChI=1S/C15H17NO3S2/c1-5-9(2)6-7-10(3)8-12-13(17)16(15(20)21-12)11(4)14(18)19/h5-8,11H,3H2,1-2,4H3,(H,18,19)/b7-6-,9-5-,12-8-. The number of carbonyl (C=O) groups is 2. The predicted molar refractivity (Wildman–Crippen MR) is 89.9 cm³/mol. The molecule has 4 nitrogen and oxygen atoms in total. The molecule has 1 unspecified atom stereocenters. The van der Waals surface area contributed by atoms with Crippen molar-refractivity contribution in [2.24, 2.45) is 0 Å². The summed E-state index contributed by atoms with van der Waals surface area (Å²) in [6.07, 6.45) is 7.26. The summed E-state index contributed by atoms with van der Waals surface area (Å²) in [5, 5.41) is 9.00. The minimum absolute atomic E-state index is 0.252. The highest BCUT2D eigenvalue weighted by molar-refractivity contribution is 8.26. The van der Waals surface area contributed by atoms with Gasteiger partial charge in [0.2, 0.25) is 0 Å². The van der Waals surface area contributed by atoms with E-state index in [-0.39, 0.29) is 4.32 Å². The Labute approximate surface area is 133 Å². The monoisotopic (exact) mass is 323 g/mol. The third-order valence-corrected chi connectivity index (χ3v) is 4.23. The number of amides is 1. The molecule has 6 heteroatoms. The van der Waals surface area contributed by atoms with Gasteiger partial charge in [-0.25, -0.2) is 4.79 Å². The van der Waals surface area contributed by atoms with Crippen molar-refractivity contribution in [3.8, 4) is 0 Å². The third-order valence-electron chi connectivity index (χ3n) is 2.90. The van der Waals surface area contributed by atoms with Crippen LogP contribution in [0.25, 0.3) is 0 Å². The summed E-state index contributed by atoms with van der Waals surface area (Å²) >= 11 is 6.17. The Hall–Kier alpha value is -1.66. The average molecular weight is 323 g/mol. The van der Waals surface area contributed by atoms with Gasteiger partial charge in [0, 0.05) is 0 Å². The van der Waals surface area contributed by atoms with Gasteiger partial charge in [-0.3, -0.25) is 9.69 Å². The van der Waals surface area contributed by atoms with Crippen LogP contribution >= 0.6 is 24.0 Å². The highest BCUT2D eigenvalue weighted by atomic mass is 32.2. The molecule has 1 amide bonds. The van der Waals surface area contributed by atoms with E-state index in [0.29, 0.717) is 10.5 Å². The van der Waals surface area contributed by atoms with Crippen LogP contribution in [0.3, 0.4) is 0 Å². The van der Waals surface area contributed by atoms with Crippen molar-refractivity contribution in [2.45, 2.75) is 26.8 Å². The van der Waals surface area contributed by atoms with Gasteiger partial charge >= 0.3 is 5.97 Å². The number of carbonyl (C=O) groups excluding carboxylic acids is 1. The number of hydrogen-bond acceptors (Lipinski definition) is 4. The molecule has 0 aromatic carbocycles. The van der Waals surface area contributed by atoms with Crippen LogP contribution in [0.1, 0.15) is 20.8 Å². The van der Waals surface area contributed by atoms with Gasteiger partial charge in [0.15, 0.2) is 0 Å². The van der Waals surface area contributed by atoms with Crippen LogP contribution < -0.4 is 0 Å². The molecule has 112 valence electrons. The van der Waals surface area contributed by atoms with Crippen LogP contribution in [0.2, 0.25) is 0 Å². The van der Waals surface area contributed by atoms with Crippen LogP contribution in [0.15, 0.2) is 46.9 Å². The first-order chi connectivity index (χ1) is 9.77. The Morgan fingerprint density at radius 2 is 2.10 bits per heavy atom. The second kappa shape index (κ2) is 7.38. The van der Waals surface area contributed by atoms with E-state index in [1.807, 2.05) is 26.0 Å². The number of carboxylic acid groups (broad SMARTS) is 1. The van der Waals surface area contributed by atoms with Crippen molar-refractivity contribution >= 4 is 40.2 Å². The van der Waals surface area contributed by atoms with Crippen molar-refractivity contribution < 1.29 is 14.7 Å². The van der Waals surface area contributed by atoms with E-state index in [1.54, 1.807) is 12.2 Å². The molecule has 0 aromatic heterocycles. The smallest absolute Gasteiger partial charge is 0.326 e. The first-order valence-electron chi connectivity index (χ1n) is 6.27. The lowest BCUT2D eigenvalue weighted by molar-refractivity contribution is -0.144. The summed E-state index contributed by atoms with van der Waals surface area (Å²) in [5.41, 5.74) is 1.73. The molecule has 1 fully saturated rings. The van der Waals surface area contributed by atoms with Gasteiger partial charge in [-0.05, 0) is 32.4 Å². The first kappa shape index (κ1) is 17.4. The number of aliphatic carboxylic acids is 1. The van der Waals surface area contributed by atoms with E-state index in [2.05, 4.69) is 6.58 Å². The van der Waals surface area contributed by atoms with E-state index in [9.17, 15) is 9.59 Å². The normalized spacial score (nSPS) is 19.7. The van der Waals surface area contributed by atoms with Crippen LogP contribution in [-0.4, -0.2) is 32.2 Å². The van der Waals surface area contributed by atoms with Gasteiger partial charge in [-0.2, -0.15) is 0 Å². The van der Waals surface area contributed by atoms with Gasteiger partial charge in [0.1, 0.15) is 10.4 Å². The van der Waals surface area contributed by atoms with Crippen molar-refractivity contribution in [3.63, 3.8) is 0 Å². The molecule has 1 aliphatic heterocycles. The quantitative estimate of drug-likeness (QED) is 0.478. The highest BCUT2D eigenvalue weighted by Gasteiger charge is 2.38. The topological polar surface area (TPSA) is 57.6 Å². The Bertz CT molecular complexity index is 588. The maximum Gasteiger partial charge on any atom is 0.326 e. The fourth-order valence-corrected chi connectivity index (χ4v) is 2.91. The molecule has 21 heavy (non-hydrogen) atoms. The lowest BCUT2D eigenvalue weighted by atomic mass is 10.2. The number of nitrogens with zero attached hydrogens (tertiary/aromatic N) is 1. The van der Waals surface area contributed by atoms with E-state index in [4.69, 9.17) is 17.3 Å². The summed E-state index contributed by atoms with van der Waals surface area (Å²) in [4.78, 5) is 24.7. The summed E-state index contributed by atoms with van der Waals surface area (Å²) in [5.74, 6) is -1.48. The van der Waals surface area contributed by atoms with E-state index in [0.717, 1.165) is 22.2 Å². The lowest BCUT2D eigenvalue weighted by Gasteiger charge is -2.18. The van der Waals surface area contributed by atoms with Crippen LogP contribution in [0.4, 0.5) is 0 Å². The summed E-state index contributed by atoms with van der Waals surface area (Å²) < 4.78 is 0.252. The van der Waals surface area contributed by atoms with E-state index < -0.39 is 17.9 Å². The molecule has 1 N–H and O–H groups in total. The fraction of sp³-hybridized carbons (Fsp3) is 0.267. The zero-order valence-electron chi connectivity index (χ0n) is 12.1. The van der Waals surface area contributed by atoms with Gasteiger partial charge in [-0.1, -0.05) is 54.4 Å². The molecule has 1 rings (SSSR count). The van der Waals surface area contributed by atoms with Gasteiger partial charge in [-0.15, -0.1) is 0 Å². The zero-order valence-corrected chi connectivity index (χ0v) is 13.8. The number of thiocarbonyl (C=S) groups is 1. The SMILES string of the molecule is C=C(/C=C\C(C)=C/C)/C=C1\SC(=S)N(C(C)C(=O)O)C1=O. The minimum Gasteiger partial charge on any atom is -0.480 e. The number of thioether (sulfide) groups is 1. The Balaban J connectivity index is 2.92. The number of hydrogen-bond donors (Lipinski definition) is 1. The maximum absolute atomic E-state index is 12.2. The Kier molecular flexibility index (Phi) is 6.11. The van der Waals surface area contributed by atoms with Crippen molar-refractivity contribution in [3.05, 3.63) is 46.9 Å². The van der Waals surface area contributed by atoms with Gasteiger partial charge in [0.25, 0.3) is 5.91 Å². The average Bonchev–Trinajstić information content (AvgIpc) is 2.69. The van der Waals surface area contributed by atoms with E-state index >= 15 is 0 Å². The van der Waals surface area contributed by atoms with Crippen LogP contribution in [-0.2, 0) is 9.59 Å². The highest BCUT2D eigenvalue weighted by Crippen LogP contribution is 2.33. The molecule has 0 aliphatic carbocycles. The number of allylic oxidation sites excluding steroid dienone is 6. The molecule has 1 atom stereocenters. The second-order valence-electron chi connectivity index (χ2n) is 4.51. The molecule has 0 radical (unpaired) electrons. The molecular weight excluding hydrogens is 306 g/mol. The summed E-state index contributed by atoms with van der Waals surface area (Å²) in [6.45, 7) is 9.17. The molecule has 1 heterocycles. The second-order valence-corrected chi connectivity index (χ2v) is 6.18. The first-order valence-corrected chi connectivity index (χ1v) is 7.50. The maximum atomic E-state index is 12.2. The molecule has 0 aromatic rings. The van der Waals surface area contributed by atoms with Crippen LogP contribution in [0.5, 0.6) is 0 Å². The predicted octanol–water partition coefficient (Wildman–Crippen LogP) is 3.28. The molecule has 0 spiro atoms. The summed E-state index contributed by atoms with van der Waals surface area (Å²) in [7, 11) is 0. The van der Waals surface area contributed by atoms with Crippen molar-refractivity contribution in [1.82, 2.24) is 4.90 Å².